The van der Waals surface area contributed by atoms with E-state index in [1.807, 2.05) is 18.2 Å². The highest BCUT2D eigenvalue weighted by Gasteiger charge is 2.37. The van der Waals surface area contributed by atoms with E-state index in [1.54, 1.807) is 0 Å². The molecule has 0 N–H and O–H groups in total. The molecule has 134 valence electrons. The molecule has 0 bridgehead atoms. The van der Waals surface area contributed by atoms with Crippen molar-refractivity contribution in [1.29, 1.82) is 0 Å². The quantitative estimate of drug-likeness (QED) is 0.587. The van der Waals surface area contributed by atoms with Crippen molar-refractivity contribution < 1.29 is 4.57 Å². The second kappa shape index (κ2) is 6.89. The fourth-order valence-corrected chi connectivity index (χ4v) is 8.34. The van der Waals surface area contributed by atoms with Crippen molar-refractivity contribution in [1.82, 2.24) is 0 Å². The molecule has 3 rings (SSSR count). The van der Waals surface area contributed by atoms with E-state index < -0.39 is 7.14 Å². The van der Waals surface area contributed by atoms with E-state index in [0.29, 0.717) is 0 Å². The maximum absolute atomic E-state index is 15.1. The van der Waals surface area contributed by atoms with Crippen molar-refractivity contribution in [3.05, 3.63) is 88.0 Å². The molecular formula is C24H27OP. The Balaban J connectivity index is 2.56. The topological polar surface area (TPSA) is 17.1 Å². The molecule has 0 radical (unpaired) electrons. The van der Waals surface area contributed by atoms with E-state index in [4.69, 9.17) is 0 Å². The van der Waals surface area contributed by atoms with Gasteiger partial charge < -0.3 is 4.57 Å². The first-order chi connectivity index (χ1) is 12.3. The molecule has 0 spiro atoms. The lowest BCUT2D eigenvalue weighted by Gasteiger charge is -2.29. The average Bonchev–Trinajstić information content (AvgIpc) is 2.54. The van der Waals surface area contributed by atoms with Crippen LogP contribution in [0.25, 0.3) is 0 Å². The maximum Gasteiger partial charge on any atom is 0.172 e. The highest BCUT2D eigenvalue weighted by molar-refractivity contribution is 7.85. The van der Waals surface area contributed by atoms with E-state index in [0.717, 1.165) is 49.3 Å². The summed E-state index contributed by atoms with van der Waals surface area (Å²) in [7, 11) is -3.00. The summed E-state index contributed by atoms with van der Waals surface area (Å²) < 4.78 is 15.1. The molecule has 1 nitrogen and oxygen atoms in total. The second-order valence-corrected chi connectivity index (χ2v) is 9.89. The zero-order valence-electron chi connectivity index (χ0n) is 16.6. The van der Waals surface area contributed by atoms with Crippen molar-refractivity contribution in [2.24, 2.45) is 0 Å². The number of benzene rings is 3. The second-order valence-electron chi connectivity index (χ2n) is 7.33. The fourth-order valence-electron chi connectivity index (χ4n) is 4.24. The van der Waals surface area contributed by atoms with Gasteiger partial charge in [0.25, 0.3) is 0 Å². The first-order valence-electron chi connectivity index (χ1n) is 9.09. The SMILES string of the molecule is Cc1cccc(C)c1P(=O)(c1c(C)cccc1C)c1c(C)cccc1C. The van der Waals surface area contributed by atoms with Crippen molar-refractivity contribution in [3.8, 4) is 0 Å². The van der Waals surface area contributed by atoms with E-state index in [9.17, 15) is 0 Å². The van der Waals surface area contributed by atoms with Gasteiger partial charge in [-0.2, -0.15) is 0 Å². The first kappa shape index (κ1) is 18.7. The summed E-state index contributed by atoms with van der Waals surface area (Å²) in [6.45, 7) is 12.5. The normalized spacial score (nSPS) is 11.6. The molecule has 0 unspecified atom stereocenters. The predicted octanol–water partition coefficient (Wildman–Crippen LogP) is 5.18. The summed E-state index contributed by atoms with van der Waals surface area (Å²) in [6.07, 6.45) is 0. The maximum atomic E-state index is 15.1. The Morgan fingerprint density at radius 1 is 0.462 bits per heavy atom. The van der Waals surface area contributed by atoms with Gasteiger partial charge in [-0.1, -0.05) is 54.6 Å². The van der Waals surface area contributed by atoms with Crippen LogP contribution in [-0.4, -0.2) is 0 Å². The van der Waals surface area contributed by atoms with Crippen molar-refractivity contribution in [2.75, 3.05) is 0 Å². The van der Waals surface area contributed by atoms with Gasteiger partial charge in [0.2, 0.25) is 0 Å². The fraction of sp³-hybridized carbons (Fsp3) is 0.250. The lowest BCUT2D eigenvalue weighted by molar-refractivity contribution is 0.592. The summed E-state index contributed by atoms with van der Waals surface area (Å²) in [4.78, 5) is 0. The Labute approximate surface area is 157 Å². The number of hydrogen-bond acceptors (Lipinski definition) is 1. The minimum absolute atomic E-state index is 0.995. The molecular weight excluding hydrogens is 335 g/mol. The van der Waals surface area contributed by atoms with Crippen molar-refractivity contribution in [3.63, 3.8) is 0 Å². The number of rotatable bonds is 3. The molecule has 0 aliphatic rings. The molecule has 0 fully saturated rings. The number of aryl methyl sites for hydroxylation is 6. The van der Waals surface area contributed by atoms with Crippen molar-refractivity contribution >= 4 is 23.1 Å². The zero-order valence-corrected chi connectivity index (χ0v) is 17.4. The lowest BCUT2D eigenvalue weighted by Crippen LogP contribution is -2.33. The molecule has 3 aromatic carbocycles. The highest BCUT2D eigenvalue weighted by atomic mass is 31.2. The van der Waals surface area contributed by atoms with Gasteiger partial charge in [0.15, 0.2) is 7.14 Å². The Hall–Kier alpha value is -2.11. The van der Waals surface area contributed by atoms with Gasteiger partial charge in [-0.15, -0.1) is 0 Å². The van der Waals surface area contributed by atoms with Crippen LogP contribution in [0.1, 0.15) is 33.4 Å². The third-order valence-corrected chi connectivity index (χ3v) is 9.27. The molecule has 2 heteroatoms. The largest absolute Gasteiger partial charge is 0.309 e. The van der Waals surface area contributed by atoms with Crippen LogP contribution in [0.15, 0.2) is 54.6 Å². The average molecular weight is 362 g/mol. The Morgan fingerprint density at radius 3 is 0.846 bits per heavy atom. The van der Waals surface area contributed by atoms with Crippen LogP contribution in [0.5, 0.6) is 0 Å². The highest BCUT2D eigenvalue weighted by Crippen LogP contribution is 2.47. The van der Waals surface area contributed by atoms with E-state index in [2.05, 4.69) is 77.9 Å². The molecule has 0 saturated heterocycles. The Morgan fingerprint density at radius 2 is 0.654 bits per heavy atom. The van der Waals surface area contributed by atoms with Crippen LogP contribution in [0.4, 0.5) is 0 Å². The van der Waals surface area contributed by atoms with Crippen LogP contribution in [0.3, 0.4) is 0 Å². The molecule has 0 saturated carbocycles. The monoisotopic (exact) mass is 362 g/mol. The van der Waals surface area contributed by atoms with Gasteiger partial charge in [-0.3, -0.25) is 0 Å². The minimum atomic E-state index is -3.00. The third-order valence-electron chi connectivity index (χ3n) is 5.26. The molecule has 0 aromatic heterocycles. The predicted molar refractivity (Wildman–Crippen MR) is 114 cm³/mol. The summed E-state index contributed by atoms with van der Waals surface area (Å²) in [5.74, 6) is 0. The van der Waals surface area contributed by atoms with Crippen molar-refractivity contribution in [2.45, 2.75) is 41.5 Å². The summed E-state index contributed by atoms with van der Waals surface area (Å²) in [5.41, 5.74) is 6.58. The van der Waals surface area contributed by atoms with Crippen LogP contribution in [0.2, 0.25) is 0 Å². The van der Waals surface area contributed by atoms with Gasteiger partial charge >= 0.3 is 0 Å². The summed E-state index contributed by atoms with van der Waals surface area (Å²) in [6, 6.07) is 18.6. The first-order valence-corrected chi connectivity index (χ1v) is 10.8. The van der Waals surface area contributed by atoms with Crippen LogP contribution < -0.4 is 15.9 Å². The molecule has 0 amide bonds. The third kappa shape index (κ3) is 2.85. The van der Waals surface area contributed by atoms with Gasteiger partial charge in [0.05, 0.1) is 0 Å². The molecule has 3 aromatic rings. The molecule has 0 atom stereocenters. The molecule has 0 aliphatic carbocycles. The molecule has 26 heavy (non-hydrogen) atoms. The zero-order chi connectivity index (χ0) is 19.1. The standard InChI is InChI=1S/C24H27OP/c1-16-10-7-11-17(2)22(16)26(25,23-18(3)12-8-13-19(23)4)24-20(5)14-9-15-21(24)6/h7-15H,1-6H3. The van der Waals surface area contributed by atoms with Crippen LogP contribution in [0, 0.1) is 41.5 Å². The molecule has 0 heterocycles. The summed E-state index contributed by atoms with van der Waals surface area (Å²) >= 11 is 0. The summed E-state index contributed by atoms with van der Waals surface area (Å²) in [5, 5.41) is 2.99. The smallest absolute Gasteiger partial charge is 0.172 e. The van der Waals surface area contributed by atoms with E-state index in [1.165, 1.54) is 0 Å². The lowest BCUT2D eigenvalue weighted by atomic mass is 10.1. The van der Waals surface area contributed by atoms with Gasteiger partial charge in [-0.25, -0.2) is 0 Å². The van der Waals surface area contributed by atoms with E-state index in [-0.39, 0.29) is 0 Å². The van der Waals surface area contributed by atoms with Crippen LogP contribution in [-0.2, 0) is 4.57 Å². The Kier molecular flexibility index (Phi) is 4.95. The molecule has 0 aliphatic heterocycles. The van der Waals surface area contributed by atoms with Gasteiger partial charge in [-0.05, 0) is 74.9 Å². The Bertz CT molecular complexity index is 838. The van der Waals surface area contributed by atoms with E-state index >= 15 is 4.57 Å². The van der Waals surface area contributed by atoms with Gasteiger partial charge in [0.1, 0.15) is 0 Å². The van der Waals surface area contributed by atoms with Crippen LogP contribution >= 0.6 is 7.14 Å². The number of hydrogen-bond donors (Lipinski definition) is 0. The minimum Gasteiger partial charge on any atom is -0.309 e. The van der Waals surface area contributed by atoms with Gasteiger partial charge in [0, 0.05) is 15.9 Å².